The van der Waals surface area contributed by atoms with E-state index in [2.05, 4.69) is 26.8 Å². The zero-order valence-corrected chi connectivity index (χ0v) is 15.6. The largest absolute Gasteiger partial charge is 0.497 e. The quantitative estimate of drug-likeness (QED) is 0.807. The fraction of sp³-hybridized carbons (Fsp3) is 0.368. The van der Waals surface area contributed by atoms with E-state index in [9.17, 15) is 0 Å². The maximum Gasteiger partial charge on any atom is 0.123 e. The molecule has 0 atom stereocenters. The Bertz CT molecular complexity index is 640. The third-order valence-electron chi connectivity index (χ3n) is 4.03. The molecule has 0 N–H and O–H groups in total. The van der Waals surface area contributed by atoms with Gasteiger partial charge in [0.1, 0.15) is 11.5 Å². The minimum absolute atomic E-state index is 0.832. The van der Waals surface area contributed by atoms with Crippen LogP contribution < -0.4 is 24.2 Å². The van der Waals surface area contributed by atoms with E-state index in [0.29, 0.717) is 0 Å². The van der Waals surface area contributed by atoms with Gasteiger partial charge in [0.05, 0.1) is 14.2 Å². The lowest BCUT2D eigenvalue weighted by atomic mass is 10.2. The highest BCUT2D eigenvalue weighted by atomic mass is 16.5. The number of anilines is 4. The summed E-state index contributed by atoms with van der Waals surface area (Å²) < 4.78 is 10.9. The smallest absolute Gasteiger partial charge is 0.123 e. The first-order valence-corrected chi connectivity index (χ1v) is 7.82. The molecule has 0 aliphatic heterocycles. The topological polar surface area (TPSA) is 28.2 Å². The van der Waals surface area contributed by atoms with Gasteiger partial charge in [-0.2, -0.15) is 0 Å². The Morgan fingerprint density at radius 3 is 1.17 bits per heavy atom. The molecule has 24 heavy (non-hydrogen) atoms. The first-order chi connectivity index (χ1) is 11.3. The van der Waals surface area contributed by atoms with E-state index in [1.165, 1.54) is 0 Å². The fourth-order valence-corrected chi connectivity index (χ4v) is 2.42. The number of hydrogen-bond donors (Lipinski definition) is 0. The molecule has 0 saturated carbocycles. The van der Waals surface area contributed by atoms with Crippen molar-refractivity contribution >= 4 is 22.7 Å². The van der Waals surface area contributed by atoms with Crippen LogP contribution in [0.1, 0.15) is 0 Å². The molecule has 0 aromatic heterocycles. The Labute approximate surface area is 145 Å². The lowest BCUT2D eigenvalue weighted by molar-refractivity contribution is 0.414. The van der Waals surface area contributed by atoms with Crippen molar-refractivity contribution in [2.45, 2.75) is 0 Å². The average molecular weight is 329 g/mol. The van der Waals surface area contributed by atoms with Gasteiger partial charge in [-0.25, -0.2) is 0 Å². The van der Waals surface area contributed by atoms with Crippen LogP contribution in [0, 0.1) is 0 Å². The summed E-state index contributed by atoms with van der Waals surface area (Å²) in [4.78, 5) is 6.26. The molecule has 0 aliphatic rings. The van der Waals surface area contributed by atoms with Gasteiger partial charge >= 0.3 is 0 Å². The van der Waals surface area contributed by atoms with E-state index >= 15 is 0 Å². The third kappa shape index (κ3) is 3.85. The number of rotatable bonds is 6. The van der Waals surface area contributed by atoms with Crippen LogP contribution >= 0.6 is 0 Å². The summed E-state index contributed by atoms with van der Waals surface area (Å²) in [5.74, 6) is 1.66. The van der Waals surface area contributed by atoms with Gasteiger partial charge in [-0.3, -0.25) is 0 Å². The van der Waals surface area contributed by atoms with Gasteiger partial charge in [-0.1, -0.05) is 0 Å². The van der Waals surface area contributed by atoms with Crippen molar-refractivity contribution in [2.75, 3.05) is 64.2 Å². The lowest BCUT2D eigenvalue weighted by Crippen LogP contribution is -2.14. The summed E-state index contributed by atoms with van der Waals surface area (Å²) >= 11 is 0. The Morgan fingerprint density at radius 1 is 0.542 bits per heavy atom. The van der Waals surface area contributed by atoms with Gasteiger partial charge in [0, 0.05) is 82.3 Å². The molecule has 2 rings (SSSR count). The predicted molar refractivity (Wildman–Crippen MR) is 103 cm³/mol. The molecule has 0 unspecified atom stereocenters. The molecule has 2 aromatic rings. The molecule has 5 heteroatoms. The van der Waals surface area contributed by atoms with Crippen LogP contribution in [0.3, 0.4) is 0 Å². The van der Waals surface area contributed by atoms with Gasteiger partial charge in [0.15, 0.2) is 0 Å². The van der Waals surface area contributed by atoms with Crippen molar-refractivity contribution in [1.29, 1.82) is 0 Å². The number of ether oxygens (including phenoxy) is 2. The fourth-order valence-electron chi connectivity index (χ4n) is 2.42. The highest BCUT2D eigenvalue weighted by Gasteiger charge is 2.12. The van der Waals surface area contributed by atoms with Crippen LogP contribution in [-0.2, 0) is 0 Å². The van der Waals surface area contributed by atoms with Crippen LogP contribution in [0.2, 0.25) is 0 Å². The number of hydrogen-bond acceptors (Lipinski definition) is 5. The van der Waals surface area contributed by atoms with Gasteiger partial charge in [0.2, 0.25) is 0 Å². The van der Waals surface area contributed by atoms with Crippen molar-refractivity contribution in [3.05, 3.63) is 36.4 Å². The molecule has 0 heterocycles. The molecular formula is C19H27N3O2. The van der Waals surface area contributed by atoms with Crippen LogP contribution in [-0.4, -0.2) is 49.5 Å². The van der Waals surface area contributed by atoms with Gasteiger partial charge in [0.25, 0.3) is 0 Å². The molecule has 0 saturated heterocycles. The third-order valence-corrected chi connectivity index (χ3v) is 4.03. The zero-order chi connectivity index (χ0) is 17.9. The summed E-state index contributed by atoms with van der Waals surface area (Å²) in [5.41, 5.74) is 4.28. The summed E-state index contributed by atoms with van der Waals surface area (Å²) in [6.45, 7) is 0. The van der Waals surface area contributed by atoms with Gasteiger partial charge < -0.3 is 24.2 Å². The maximum absolute atomic E-state index is 5.45. The zero-order valence-electron chi connectivity index (χ0n) is 15.6. The Hall–Kier alpha value is -2.56. The Morgan fingerprint density at radius 2 is 0.875 bits per heavy atom. The Balaban J connectivity index is 2.49. The standard InChI is InChI=1S/C19H27N3O2/c1-20(2)14-8-16(12-18(10-14)23-6)22(5)17-9-15(21(3)4)11-19(13-17)24-7/h8-13H,1-7H3. The number of benzene rings is 2. The normalized spacial score (nSPS) is 10.3. The molecular weight excluding hydrogens is 302 g/mol. The summed E-state index contributed by atoms with van der Waals surface area (Å²) in [7, 11) is 13.5. The number of methoxy groups -OCH3 is 2. The van der Waals surface area contributed by atoms with Crippen LogP contribution in [0.5, 0.6) is 11.5 Å². The van der Waals surface area contributed by atoms with Crippen molar-refractivity contribution in [2.24, 2.45) is 0 Å². The lowest BCUT2D eigenvalue weighted by Gasteiger charge is -2.25. The summed E-state index contributed by atoms with van der Waals surface area (Å²) in [5, 5.41) is 0. The van der Waals surface area contributed by atoms with E-state index in [1.807, 2.05) is 59.5 Å². The molecule has 5 nitrogen and oxygen atoms in total. The summed E-state index contributed by atoms with van der Waals surface area (Å²) in [6.07, 6.45) is 0. The highest BCUT2D eigenvalue weighted by molar-refractivity contribution is 5.73. The second-order valence-corrected chi connectivity index (χ2v) is 6.13. The molecule has 0 radical (unpaired) electrons. The van der Waals surface area contributed by atoms with Gasteiger partial charge in [-0.05, 0) is 12.1 Å². The van der Waals surface area contributed by atoms with Crippen LogP contribution in [0.15, 0.2) is 36.4 Å². The molecule has 0 fully saturated rings. The molecule has 0 aliphatic carbocycles. The Kier molecular flexibility index (Phi) is 5.44. The van der Waals surface area contributed by atoms with Crippen molar-refractivity contribution in [3.8, 4) is 11.5 Å². The van der Waals surface area contributed by atoms with Crippen LogP contribution in [0.25, 0.3) is 0 Å². The highest BCUT2D eigenvalue weighted by Crippen LogP contribution is 2.35. The molecule has 2 aromatic carbocycles. The molecule has 0 bridgehead atoms. The van der Waals surface area contributed by atoms with E-state index in [4.69, 9.17) is 9.47 Å². The number of nitrogens with zero attached hydrogens (tertiary/aromatic N) is 3. The predicted octanol–water partition coefficient (Wildman–Crippen LogP) is 3.60. The molecule has 0 spiro atoms. The van der Waals surface area contributed by atoms with E-state index in [-0.39, 0.29) is 0 Å². The minimum atomic E-state index is 0.832. The summed E-state index contributed by atoms with van der Waals surface area (Å²) in [6, 6.07) is 12.4. The first-order valence-electron chi connectivity index (χ1n) is 7.82. The maximum atomic E-state index is 5.45. The second kappa shape index (κ2) is 7.34. The molecule has 0 amide bonds. The average Bonchev–Trinajstić information content (AvgIpc) is 2.59. The van der Waals surface area contributed by atoms with E-state index in [1.54, 1.807) is 14.2 Å². The van der Waals surface area contributed by atoms with E-state index < -0.39 is 0 Å². The van der Waals surface area contributed by atoms with Gasteiger partial charge in [-0.15, -0.1) is 0 Å². The van der Waals surface area contributed by atoms with Crippen molar-refractivity contribution in [3.63, 3.8) is 0 Å². The second-order valence-electron chi connectivity index (χ2n) is 6.13. The van der Waals surface area contributed by atoms with Crippen LogP contribution in [0.4, 0.5) is 22.7 Å². The molecule has 130 valence electrons. The SMILES string of the molecule is COc1cc(N(C)C)cc(N(C)c2cc(OC)cc(N(C)C)c2)c1. The minimum Gasteiger partial charge on any atom is -0.497 e. The van der Waals surface area contributed by atoms with Crippen molar-refractivity contribution < 1.29 is 9.47 Å². The monoisotopic (exact) mass is 329 g/mol. The van der Waals surface area contributed by atoms with E-state index in [0.717, 1.165) is 34.2 Å². The van der Waals surface area contributed by atoms with Crippen molar-refractivity contribution in [1.82, 2.24) is 0 Å². The first kappa shape index (κ1) is 17.8.